The number of hydrogen-bond donors (Lipinski definition) is 0. The van der Waals surface area contributed by atoms with Crippen LogP contribution in [0.3, 0.4) is 0 Å². The van der Waals surface area contributed by atoms with Gasteiger partial charge in [0.1, 0.15) is 5.54 Å². The highest BCUT2D eigenvalue weighted by Crippen LogP contribution is 2.43. The van der Waals surface area contributed by atoms with Gasteiger partial charge in [-0.25, -0.2) is 4.98 Å². The molecule has 1 aromatic heterocycles. The lowest BCUT2D eigenvalue weighted by Crippen LogP contribution is -2.38. The quantitative estimate of drug-likeness (QED) is 0.0770. The van der Waals surface area contributed by atoms with Crippen molar-refractivity contribution in [2.75, 3.05) is 0 Å². The van der Waals surface area contributed by atoms with E-state index >= 15 is 0 Å². The highest BCUT2D eigenvalue weighted by Gasteiger charge is 2.39. The second-order valence-corrected chi connectivity index (χ2v) is 10.4. The van der Waals surface area contributed by atoms with Crippen LogP contribution >= 0.6 is 0 Å². The molecule has 0 aliphatic carbocycles. The molecule has 5 aromatic carbocycles. The molecule has 0 amide bonds. The van der Waals surface area contributed by atoms with Gasteiger partial charge in [-0.3, -0.25) is 4.79 Å². The molecule has 6 rings (SSSR count). The summed E-state index contributed by atoms with van der Waals surface area (Å²) in [5, 5.41) is 0. The van der Waals surface area contributed by atoms with E-state index in [0.717, 1.165) is 39.1 Å². The molecule has 0 aliphatic heterocycles. The number of ketones is 1. The Bertz CT molecular complexity index is 1760. The Hall–Kier alpha value is -5.54. The summed E-state index contributed by atoms with van der Waals surface area (Å²) in [4.78, 5) is 17.9. The van der Waals surface area contributed by atoms with Crippen LogP contribution in [0.2, 0.25) is 0 Å². The lowest BCUT2D eigenvalue weighted by molar-refractivity contribution is 0.104. The summed E-state index contributed by atoms with van der Waals surface area (Å²) in [7, 11) is 0. The number of allylic oxidation sites excluding steroid dienone is 4. The molecule has 0 saturated carbocycles. The van der Waals surface area contributed by atoms with E-state index in [1.807, 2.05) is 85.3 Å². The van der Waals surface area contributed by atoms with Crippen molar-refractivity contribution in [1.29, 1.82) is 0 Å². The topological polar surface area (TPSA) is 34.9 Å². The number of aromatic nitrogens is 2. The van der Waals surface area contributed by atoms with E-state index in [-0.39, 0.29) is 5.78 Å². The van der Waals surface area contributed by atoms with Crippen LogP contribution in [0.1, 0.15) is 45.2 Å². The summed E-state index contributed by atoms with van der Waals surface area (Å²) >= 11 is 0. The zero-order valence-corrected chi connectivity index (χ0v) is 24.0. The monoisotopic (exact) mass is 556 g/mol. The molecule has 0 fully saturated rings. The van der Waals surface area contributed by atoms with E-state index in [4.69, 9.17) is 4.98 Å². The first-order valence-electron chi connectivity index (χ1n) is 14.4. The van der Waals surface area contributed by atoms with Crippen LogP contribution in [0.25, 0.3) is 11.1 Å². The van der Waals surface area contributed by atoms with Crippen molar-refractivity contribution in [1.82, 2.24) is 9.55 Å². The normalized spacial score (nSPS) is 12.2. The minimum Gasteiger partial charge on any atom is -0.312 e. The smallest absolute Gasteiger partial charge is 0.185 e. The third kappa shape index (κ3) is 5.41. The lowest BCUT2D eigenvalue weighted by Gasteiger charge is -2.39. The molecule has 0 spiro atoms. The molecule has 43 heavy (non-hydrogen) atoms. The van der Waals surface area contributed by atoms with Crippen molar-refractivity contribution in [3.8, 4) is 0 Å². The predicted octanol–water partition coefficient (Wildman–Crippen LogP) is 9.09. The van der Waals surface area contributed by atoms with Crippen LogP contribution in [0, 0.1) is 0 Å². The van der Waals surface area contributed by atoms with Gasteiger partial charge in [0.05, 0.1) is 18.2 Å². The number of rotatable bonds is 9. The van der Waals surface area contributed by atoms with Gasteiger partial charge < -0.3 is 4.57 Å². The molecule has 0 atom stereocenters. The van der Waals surface area contributed by atoms with Crippen LogP contribution < -0.4 is 0 Å². The van der Waals surface area contributed by atoms with Crippen LogP contribution in [0.5, 0.6) is 0 Å². The zero-order chi connectivity index (χ0) is 29.5. The Labute approximate surface area is 253 Å². The van der Waals surface area contributed by atoms with Gasteiger partial charge in [0.2, 0.25) is 0 Å². The minimum atomic E-state index is -0.706. The maximum absolute atomic E-state index is 13.1. The molecule has 1 heterocycles. The van der Waals surface area contributed by atoms with Crippen LogP contribution in [-0.4, -0.2) is 15.3 Å². The number of carbonyl (C=O) groups is 1. The van der Waals surface area contributed by atoms with Gasteiger partial charge >= 0.3 is 0 Å². The highest BCUT2D eigenvalue weighted by atomic mass is 16.1. The van der Waals surface area contributed by atoms with Gasteiger partial charge in [0.15, 0.2) is 5.78 Å². The Morgan fingerprint density at radius 1 is 0.581 bits per heavy atom. The second-order valence-electron chi connectivity index (χ2n) is 10.4. The maximum atomic E-state index is 13.1. The fourth-order valence-corrected chi connectivity index (χ4v) is 5.85. The van der Waals surface area contributed by atoms with Crippen molar-refractivity contribution < 1.29 is 4.79 Å². The predicted molar refractivity (Wildman–Crippen MR) is 176 cm³/mol. The van der Waals surface area contributed by atoms with Crippen LogP contribution in [0.15, 0.2) is 176 Å². The number of hydrogen-bond acceptors (Lipinski definition) is 2. The molecule has 3 heteroatoms. The second kappa shape index (κ2) is 12.5. The fraction of sp³-hybridized carbons (Fsp3) is 0.0500. The molecule has 0 aliphatic rings. The summed E-state index contributed by atoms with van der Waals surface area (Å²) in [6, 6.07) is 51.3. The molecule has 3 nitrogen and oxygen atoms in total. The van der Waals surface area contributed by atoms with E-state index in [0.29, 0.717) is 5.56 Å². The Balaban J connectivity index is 1.61. The largest absolute Gasteiger partial charge is 0.312 e. The van der Waals surface area contributed by atoms with Crippen molar-refractivity contribution in [2.24, 2.45) is 0 Å². The molecular formula is C40H32N2O. The summed E-state index contributed by atoms with van der Waals surface area (Å²) in [5.41, 5.74) is 7.25. The fourth-order valence-electron chi connectivity index (χ4n) is 5.85. The third-order valence-corrected chi connectivity index (χ3v) is 7.91. The average molecular weight is 557 g/mol. The summed E-state index contributed by atoms with van der Waals surface area (Å²) in [6.07, 6.45) is 7.45. The zero-order valence-electron chi connectivity index (χ0n) is 24.0. The molecule has 0 unspecified atom stereocenters. The van der Waals surface area contributed by atoms with Gasteiger partial charge in [-0.1, -0.05) is 158 Å². The SMILES string of the molecule is CC(=C(C=CC(=O)c1ccccc1)c1ccccc1)c1cncn1C(c1ccccc1)(c1ccccc1)c1ccccc1. The van der Waals surface area contributed by atoms with Crippen molar-refractivity contribution in [2.45, 2.75) is 12.5 Å². The Kier molecular flexibility index (Phi) is 8.06. The highest BCUT2D eigenvalue weighted by molar-refractivity contribution is 6.07. The maximum Gasteiger partial charge on any atom is 0.185 e. The van der Waals surface area contributed by atoms with Gasteiger partial charge in [-0.2, -0.15) is 0 Å². The van der Waals surface area contributed by atoms with Gasteiger partial charge in [0, 0.05) is 5.56 Å². The van der Waals surface area contributed by atoms with E-state index in [9.17, 15) is 4.79 Å². The van der Waals surface area contributed by atoms with Gasteiger partial charge in [-0.15, -0.1) is 0 Å². The van der Waals surface area contributed by atoms with E-state index < -0.39 is 5.54 Å². The first-order chi connectivity index (χ1) is 21.2. The first-order valence-corrected chi connectivity index (χ1v) is 14.4. The number of imidazole rings is 1. The molecule has 0 radical (unpaired) electrons. The Morgan fingerprint density at radius 2 is 1.00 bits per heavy atom. The Morgan fingerprint density at radius 3 is 1.47 bits per heavy atom. The standard InChI is InChI=1S/C40H32N2O/c1-31(37(32-17-7-2-8-18-32)27-28-39(43)33-19-9-3-10-20-33)38-29-41-30-42(38)40(34-21-11-4-12-22-34,35-23-13-5-14-24-35)36-25-15-6-16-26-36/h2-30H,1H3. The van der Waals surface area contributed by atoms with Crippen molar-refractivity contribution in [3.63, 3.8) is 0 Å². The molecule has 0 bridgehead atoms. The molecule has 6 aromatic rings. The van der Waals surface area contributed by atoms with E-state index in [2.05, 4.69) is 96.4 Å². The number of benzene rings is 5. The summed E-state index contributed by atoms with van der Waals surface area (Å²) in [5.74, 6) is -0.0393. The average Bonchev–Trinajstić information content (AvgIpc) is 3.58. The van der Waals surface area contributed by atoms with E-state index in [1.165, 1.54) is 0 Å². The first kappa shape index (κ1) is 27.6. The number of nitrogens with zero attached hydrogens (tertiary/aromatic N) is 2. The minimum absolute atomic E-state index is 0.0393. The van der Waals surface area contributed by atoms with Gasteiger partial charge in [-0.05, 0) is 46.4 Å². The van der Waals surface area contributed by atoms with Crippen LogP contribution in [-0.2, 0) is 5.54 Å². The van der Waals surface area contributed by atoms with Crippen LogP contribution in [0.4, 0.5) is 0 Å². The third-order valence-electron chi connectivity index (χ3n) is 7.91. The molecule has 0 saturated heterocycles. The van der Waals surface area contributed by atoms with E-state index in [1.54, 1.807) is 6.08 Å². The molecule has 0 N–H and O–H groups in total. The molecule has 208 valence electrons. The van der Waals surface area contributed by atoms with Crippen molar-refractivity contribution in [3.05, 3.63) is 210 Å². The number of carbonyl (C=O) groups excluding carboxylic acids is 1. The van der Waals surface area contributed by atoms with Crippen molar-refractivity contribution >= 4 is 16.9 Å². The lowest BCUT2D eigenvalue weighted by atomic mass is 9.76. The summed E-state index contributed by atoms with van der Waals surface area (Å²) in [6.45, 7) is 2.11. The van der Waals surface area contributed by atoms with Gasteiger partial charge in [0.25, 0.3) is 0 Å². The summed E-state index contributed by atoms with van der Waals surface area (Å²) < 4.78 is 2.28. The molecular weight excluding hydrogens is 524 g/mol.